The van der Waals surface area contributed by atoms with Gasteiger partial charge in [-0.1, -0.05) is 18.7 Å². The number of carbonyl (C=O) groups is 1. The molecule has 24 heavy (non-hydrogen) atoms. The lowest BCUT2D eigenvalue weighted by atomic mass is 10.2. The zero-order chi connectivity index (χ0) is 17.4. The van der Waals surface area contributed by atoms with E-state index in [1.54, 1.807) is 23.9 Å². The predicted octanol–water partition coefficient (Wildman–Crippen LogP) is 2.50. The van der Waals surface area contributed by atoms with E-state index >= 15 is 0 Å². The van der Waals surface area contributed by atoms with E-state index in [-0.39, 0.29) is 5.56 Å². The molecule has 0 aliphatic carbocycles. The molecule has 0 bridgehead atoms. The number of aromatic nitrogens is 3. The summed E-state index contributed by atoms with van der Waals surface area (Å²) < 4.78 is 7.10. The highest BCUT2D eigenvalue weighted by molar-refractivity contribution is 7.99. The fourth-order valence-electron chi connectivity index (χ4n) is 1.80. The number of thioether (sulfide) groups is 2. The van der Waals surface area contributed by atoms with Gasteiger partial charge in [-0.15, -0.1) is 10.2 Å². The minimum atomic E-state index is -0.952. The van der Waals surface area contributed by atoms with Crippen molar-refractivity contribution >= 4 is 29.5 Å². The molecule has 0 aliphatic rings. The van der Waals surface area contributed by atoms with Crippen molar-refractivity contribution in [3.63, 3.8) is 0 Å². The lowest BCUT2D eigenvalue weighted by molar-refractivity contribution is 0.0697. The van der Waals surface area contributed by atoms with E-state index in [1.807, 2.05) is 0 Å². The number of rotatable bonds is 10. The fraction of sp³-hybridized carbons (Fsp3) is 0.400. The van der Waals surface area contributed by atoms with Crippen molar-refractivity contribution in [2.24, 2.45) is 0 Å². The normalized spacial score (nSPS) is 10.7. The molecule has 2 rings (SSSR count). The molecular weight excluding hydrogens is 348 g/mol. The summed E-state index contributed by atoms with van der Waals surface area (Å²) >= 11 is 3.25. The van der Waals surface area contributed by atoms with Crippen LogP contribution < -0.4 is 10.6 Å². The number of hydrogen-bond donors (Lipinski definition) is 2. The molecular formula is C15H20N4O3S2. The Labute approximate surface area is 148 Å². The van der Waals surface area contributed by atoms with Crippen LogP contribution in [0.4, 0.5) is 0 Å². The number of nitrogen functional groups attached to an aromatic ring is 1. The van der Waals surface area contributed by atoms with Gasteiger partial charge in [0.05, 0.1) is 17.9 Å². The lowest BCUT2D eigenvalue weighted by Crippen LogP contribution is -2.14. The Hall–Kier alpha value is -1.87. The highest BCUT2D eigenvalue weighted by Gasteiger charge is 2.10. The van der Waals surface area contributed by atoms with Crippen LogP contribution in [0.15, 0.2) is 29.4 Å². The first-order chi connectivity index (χ1) is 11.6. The number of benzene rings is 1. The molecule has 0 amide bonds. The second-order valence-corrected chi connectivity index (χ2v) is 7.02. The molecule has 7 nitrogen and oxygen atoms in total. The Morgan fingerprint density at radius 1 is 1.29 bits per heavy atom. The number of ether oxygens (including phenoxy) is 1. The molecule has 1 heterocycles. The molecule has 0 aliphatic heterocycles. The Kier molecular flexibility index (Phi) is 7.26. The fourth-order valence-corrected chi connectivity index (χ4v) is 3.30. The molecule has 130 valence electrons. The monoisotopic (exact) mass is 368 g/mol. The van der Waals surface area contributed by atoms with Gasteiger partial charge in [-0.2, -0.15) is 11.8 Å². The van der Waals surface area contributed by atoms with E-state index in [2.05, 4.69) is 17.1 Å². The van der Waals surface area contributed by atoms with Crippen LogP contribution in [-0.4, -0.2) is 44.1 Å². The van der Waals surface area contributed by atoms with Gasteiger partial charge in [0.25, 0.3) is 0 Å². The highest BCUT2D eigenvalue weighted by atomic mass is 32.2. The summed E-state index contributed by atoms with van der Waals surface area (Å²) in [6.07, 6.45) is 1.12. The Morgan fingerprint density at radius 2 is 2.04 bits per heavy atom. The van der Waals surface area contributed by atoms with Gasteiger partial charge in [0.2, 0.25) is 5.16 Å². The van der Waals surface area contributed by atoms with E-state index in [0.29, 0.717) is 23.3 Å². The molecule has 3 N–H and O–H groups in total. The van der Waals surface area contributed by atoms with Gasteiger partial charge in [0.15, 0.2) is 5.82 Å². The highest BCUT2D eigenvalue weighted by Crippen LogP contribution is 2.18. The van der Waals surface area contributed by atoms with Crippen LogP contribution in [0.25, 0.3) is 0 Å². The van der Waals surface area contributed by atoms with Gasteiger partial charge in [-0.3, -0.25) is 0 Å². The van der Waals surface area contributed by atoms with Crippen LogP contribution >= 0.6 is 23.5 Å². The SMILES string of the molecule is CCCSCc1nnc(SCCOc2ccc(C(=O)O)cc2)n1N. The van der Waals surface area contributed by atoms with Crippen molar-refractivity contribution in [1.82, 2.24) is 14.9 Å². The summed E-state index contributed by atoms with van der Waals surface area (Å²) in [5.74, 6) is 8.92. The first kappa shape index (κ1) is 18.5. The van der Waals surface area contributed by atoms with Crippen LogP contribution in [0.3, 0.4) is 0 Å². The van der Waals surface area contributed by atoms with Crippen molar-refractivity contribution in [2.75, 3.05) is 24.0 Å². The number of carboxylic acids is 1. The maximum atomic E-state index is 10.8. The molecule has 2 aromatic rings. The topological polar surface area (TPSA) is 103 Å². The first-order valence-electron chi connectivity index (χ1n) is 7.48. The van der Waals surface area contributed by atoms with Crippen molar-refractivity contribution in [1.29, 1.82) is 0 Å². The maximum Gasteiger partial charge on any atom is 0.335 e. The average Bonchev–Trinajstić information content (AvgIpc) is 2.93. The third kappa shape index (κ3) is 5.34. The molecule has 0 saturated heterocycles. The quantitative estimate of drug-likeness (QED) is 0.374. The van der Waals surface area contributed by atoms with Crippen LogP contribution in [0.5, 0.6) is 5.75 Å². The maximum absolute atomic E-state index is 10.8. The Bertz CT molecular complexity index is 661. The van der Waals surface area contributed by atoms with Gasteiger partial charge in [0, 0.05) is 5.75 Å². The van der Waals surface area contributed by atoms with Gasteiger partial charge in [0.1, 0.15) is 5.75 Å². The Balaban J connectivity index is 1.75. The van der Waals surface area contributed by atoms with Crippen molar-refractivity contribution in [2.45, 2.75) is 24.3 Å². The molecule has 0 fully saturated rings. The predicted molar refractivity (Wildman–Crippen MR) is 96.2 cm³/mol. The van der Waals surface area contributed by atoms with E-state index in [1.165, 1.54) is 28.6 Å². The van der Waals surface area contributed by atoms with Crippen molar-refractivity contribution in [3.8, 4) is 5.75 Å². The minimum absolute atomic E-state index is 0.237. The second-order valence-electron chi connectivity index (χ2n) is 4.85. The summed E-state index contributed by atoms with van der Waals surface area (Å²) in [5, 5.41) is 17.7. The molecule has 0 atom stereocenters. The molecule has 0 unspecified atom stereocenters. The van der Waals surface area contributed by atoms with Crippen molar-refractivity contribution in [3.05, 3.63) is 35.7 Å². The minimum Gasteiger partial charge on any atom is -0.493 e. The molecule has 1 aromatic heterocycles. The van der Waals surface area contributed by atoms with Crippen molar-refractivity contribution < 1.29 is 14.6 Å². The van der Waals surface area contributed by atoms with E-state index in [9.17, 15) is 4.79 Å². The van der Waals surface area contributed by atoms with Gasteiger partial charge < -0.3 is 15.7 Å². The van der Waals surface area contributed by atoms with Crippen LogP contribution in [0.2, 0.25) is 0 Å². The van der Waals surface area contributed by atoms with E-state index in [0.717, 1.165) is 23.8 Å². The zero-order valence-electron chi connectivity index (χ0n) is 13.3. The summed E-state index contributed by atoms with van der Waals surface area (Å²) in [6, 6.07) is 6.31. The lowest BCUT2D eigenvalue weighted by Gasteiger charge is -2.06. The summed E-state index contributed by atoms with van der Waals surface area (Å²) in [4.78, 5) is 10.8. The number of hydrogen-bond acceptors (Lipinski definition) is 7. The third-order valence-corrected chi connectivity index (χ3v) is 5.07. The molecule has 0 spiro atoms. The Morgan fingerprint density at radius 3 is 2.71 bits per heavy atom. The largest absolute Gasteiger partial charge is 0.493 e. The van der Waals surface area contributed by atoms with Gasteiger partial charge in [-0.05, 0) is 36.4 Å². The molecule has 0 saturated carbocycles. The number of nitrogens with two attached hydrogens (primary N) is 1. The van der Waals surface area contributed by atoms with Gasteiger partial charge in [-0.25, -0.2) is 9.47 Å². The number of carboxylic acid groups (broad SMARTS) is 1. The molecule has 1 aromatic carbocycles. The standard InChI is InChI=1S/C15H20N4O3S2/c1-2-8-23-10-13-17-18-15(19(13)16)24-9-7-22-12-5-3-11(4-6-12)14(20)21/h3-6H,2,7-10,16H2,1H3,(H,20,21). The first-order valence-corrected chi connectivity index (χ1v) is 9.62. The van der Waals surface area contributed by atoms with Crippen LogP contribution in [0, 0.1) is 0 Å². The zero-order valence-corrected chi connectivity index (χ0v) is 15.0. The van der Waals surface area contributed by atoms with Crippen LogP contribution in [0.1, 0.15) is 29.5 Å². The number of aromatic carboxylic acids is 1. The number of nitrogens with zero attached hydrogens (tertiary/aromatic N) is 3. The molecule has 0 radical (unpaired) electrons. The summed E-state index contributed by atoms with van der Waals surface area (Å²) in [5.41, 5.74) is 0.237. The average molecular weight is 368 g/mol. The smallest absolute Gasteiger partial charge is 0.335 e. The summed E-state index contributed by atoms with van der Waals surface area (Å²) in [6.45, 7) is 2.60. The van der Waals surface area contributed by atoms with Crippen LogP contribution in [-0.2, 0) is 5.75 Å². The summed E-state index contributed by atoms with van der Waals surface area (Å²) in [7, 11) is 0. The molecule has 9 heteroatoms. The van der Waals surface area contributed by atoms with E-state index in [4.69, 9.17) is 15.7 Å². The van der Waals surface area contributed by atoms with Gasteiger partial charge >= 0.3 is 5.97 Å². The second kappa shape index (κ2) is 9.43. The van der Waals surface area contributed by atoms with E-state index < -0.39 is 5.97 Å². The third-order valence-electron chi connectivity index (χ3n) is 3.00.